The number of nitrogens with zero attached hydrogens (tertiary/aromatic N) is 4. The van der Waals surface area contributed by atoms with Crippen LogP contribution >= 0.6 is 0 Å². The van der Waals surface area contributed by atoms with Crippen LogP contribution < -0.4 is 9.47 Å². The molecule has 1 aromatic heterocycles. The van der Waals surface area contributed by atoms with Crippen molar-refractivity contribution in [3.63, 3.8) is 0 Å². The van der Waals surface area contributed by atoms with Gasteiger partial charge in [0.25, 0.3) is 0 Å². The zero-order valence-electron chi connectivity index (χ0n) is 18.4. The summed E-state index contributed by atoms with van der Waals surface area (Å²) in [5, 5.41) is 3.97. The molecule has 1 aliphatic heterocycles. The summed E-state index contributed by atoms with van der Waals surface area (Å²) in [6.45, 7) is -0.152. The van der Waals surface area contributed by atoms with E-state index in [4.69, 9.17) is 9.26 Å². The predicted octanol–water partition coefficient (Wildman–Crippen LogP) is 3.37. The van der Waals surface area contributed by atoms with Gasteiger partial charge in [-0.2, -0.15) is 13.8 Å². The molecule has 0 saturated carbocycles. The molecule has 4 rings (SSSR count). The summed E-state index contributed by atoms with van der Waals surface area (Å²) in [6.07, 6.45) is 0.234. The lowest BCUT2D eigenvalue weighted by Crippen LogP contribution is -2.48. The average molecular weight is 476 g/mol. The highest BCUT2D eigenvalue weighted by Gasteiger charge is 2.23. The van der Waals surface area contributed by atoms with Crippen LogP contribution in [0, 0.1) is 5.82 Å². The zero-order chi connectivity index (χ0) is 24.1. The molecule has 2 aromatic carbocycles. The first-order valence-electron chi connectivity index (χ1n) is 10.6. The number of aromatic nitrogens is 2. The van der Waals surface area contributed by atoms with Crippen molar-refractivity contribution in [3.05, 3.63) is 59.7 Å². The number of amides is 1. The van der Waals surface area contributed by atoms with E-state index in [0.717, 1.165) is 5.56 Å². The number of methoxy groups -OCH3 is 1. The van der Waals surface area contributed by atoms with E-state index < -0.39 is 6.61 Å². The first-order chi connectivity index (χ1) is 16.4. The lowest BCUT2D eigenvalue weighted by Gasteiger charge is -2.34. The van der Waals surface area contributed by atoms with Crippen LogP contribution in [0.1, 0.15) is 11.5 Å². The summed E-state index contributed by atoms with van der Waals surface area (Å²) in [5.74, 6) is 0.408. The standard InChI is InChI=1S/C23H23F3N4O4/c1-32-19-13-16(4-7-18(19)33-23(25)26)22-27-20(34-28-22)14-29-8-10-30(11-9-29)21(31)12-15-2-5-17(24)6-3-15/h2-7,13,23H,8-12,14H2,1H3. The molecule has 8 nitrogen and oxygen atoms in total. The Morgan fingerprint density at radius 3 is 2.50 bits per heavy atom. The van der Waals surface area contributed by atoms with Crippen LogP contribution in [0.15, 0.2) is 47.0 Å². The van der Waals surface area contributed by atoms with Gasteiger partial charge >= 0.3 is 6.61 Å². The molecular formula is C23H23F3N4O4. The van der Waals surface area contributed by atoms with Crippen molar-refractivity contribution >= 4 is 5.91 Å². The predicted molar refractivity (Wildman–Crippen MR) is 115 cm³/mol. The lowest BCUT2D eigenvalue weighted by atomic mass is 10.1. The fourth-order valence-electron chi connectivity index (χ4n) is 3.67. The third kappa shape index (κ3) is 5.84. The number of halogens is 3. The minimum atomic E-state index is -2.96. The van der Waals surface area contributed by atoms with Crippen LogP contribution in [-0.2, 0) is 17.8 Å². The molecule has 2 heterocycles. The Morgan fingerprint density at radius 2 is 1.82 bits per heavy atom. The van der Waals surface area contributed by atoms with Gasteiger partial charge in [-0.3, -0.25) is 9.69 Å². The number of benzene rings is 2. The van der Waals surface area contributed by atoms with Crippen molar-refractivity contribution < 1.29 is 32.0 Å². The number of rotatable bonds is 8. The largest absolute Gasteiger partial charge is 0.493 e. The van der Waals surface area contributed by atoms with E-state index in [0.29, 0.717) is 50.0 Å². The van der Waals surface area contributed by atoms with Crippen molar-refractivity contribution in [2.24, 2.45) is 0 Å². The maximum atomic E-state index is 13.0. The normalized spacial score (nSPS) is 14.4. The van der Waals surface area contributed by atoms with Gasteiger partial charge in [0.05, 0.1) is 20.1 Å². The van der Waals surface area contributed by atoms with Crippen molar-refractivity contribution in [3.8, 4) is 22.9 Å². The third-order valence-electron chi connectivity index (χ3n) is 5.46. The Kier molecular flexibility index (Phi) is 7.31. The Hall–Kier alpha value is -3.60. The Balaban J connectivity index is 1.31. The molecule has 0 atom stereocenters. The molecule has 3 aromatic rings. The van der Waals surface area contributed by atoms with Crippen LogP contribution in [0.25, 0.3) is 11.4 Å². The highest BCUT2D eigenvalue weighted by molar-refractivity contribution is 5.78. The molecule has 0 radical (unpaired) electrons. The van der Waals surface area contributed by atoms with E-state index in [2.05, 4.69) is 19.8 Å². The molecule has 180 valence electrons. The summed E-state index contributed by atoms with van der Waals surface area (Å²) in [7, 11) is 1.35. The van der Waals surface area contributed by atoms with Gasteiger partial charge in [-0.1, -0.05) is 17.3 Å². The van der Waals surface area contributed by atoms with Gasteiger partial charge in [-0.25, -0.2) is 4.39 Å². The number of carbonyl (C=O) groups excluding carboxylic acids is 1. The summed E-state index contributed by atoms with van der Waals surface area (Å²) >= 11 is 0. The molecule has 0 unspecified atom stereocenters. The minimum Gasteiger partial charge on any atom is -0.493 e. The number of carbonyl (C=O) groups is 1. The van der Waals surface area contributed by atoms with Gasteiger partial charge < -0.3 is 18.9 Å². The van der Waals surface area contributed by atoms with Crippen molar-refractivity contribution in [2.75, 3.05) is 33.3 Å². The van der Waals surface area contributed by atoms with Gasteiger partial charge in [0.15, 0.2) is 11.5 Å². The highest BCUT2D eigenvalue weighted by Crippen LogP contribution is 2.32. The maximum Gasteiger partial charge on any atom is 0.387 e. The molecule has 0 aliphatic carbocycles. The molecule has 0 bridgehead atoms. The van der Waals surface area contributed by atoms with E-state index in [1.807, 2.05) is 0 Å². The smallest absolute Gasteiger partial charge is 0.387 e. The second kappa shape index (κ2) is 10.6. The number of hydrogen-bond donors (Lipinski definition) is 0. The van der Waals surface area contributed by atoms with Crippen LogP contribution in [0.4, 0.5) is 13.2 Å². The first kappa shape index (κ1) is 23.6. The van der Waals surface area contributed by atoms with Gasteiger partial charge in [-0.05, 0) is 35.9 Å². The number of hydrogen-bond acceptors (Lipinski definition) is 7. The molecular weight excluding hydrogens is 453 g/mol. The Bertz CT molecular complexity index is 1120. The molecule has 1 amide bonds. The molecule has 1 fully saturated rings. The minimum absolute atomic E-state index is 0.000416. The van der Waals surface area contributed by atoms with Crippen molar-refractivity contribution in [2.45, 2.75) is 19.6 Å². The monoisotopic (exact) mass is 476 g/mol. The summed E-state index contributed by atoms with van der Waals surface area (Å²) < 4.78 is 52.9. The van der Waals surface area contributed by atoms with E-state index in [-0.39, 0.29) is 29.6 Å². The van der Waals surface area contributed by atoms with E-state index in [1.54, 1.807) is 23.1 Å². The average Bonchev–Trinajstić information content (AvgIpc) is 3.29. The second-order valence-corrected chi connectivity index (χ2v) is 7.72. The molecule has 0 N–H and O–H groups in total. The topological polar surface area (TPSA) is 80.9 Å². The lowest BCUT2D eigenvalue weighted by molar-refractivity contribution is -0.132. The van der Waals surface area contributed by atoms with Crippen LogP contribution in [-0.4, -0.2) is 65.7 Å². The number of ether oxygens (including phenoxy) is 2. The molecule has 11 heteroatoms. The molecule has 1 aliphatic rings. The highest BCUT2D eigenvalue weighted by atomic mass is 19.3. The summed E-state index contributed by atoms with van der Waals surface area (Å²) in [4.78, 5) is 20.8. The molecule has 0 spiro atoms. The van der Waals surface area contributed by atoms with Gasteiger partial charge in [0.1, 0.15) is 5.82 Å². The summed E-state index contributed by atoms with van der Waals surface area (Å²) in [6, 6.07) is 10.3. The first-order valence-corrected chi connectivity index (χ1v) is 10.6. The quantitative estimate of drug-likeness (QED) is 0.493. The third-order valence-corrected chi connectivity index (χ3v) is 5.46. The van der Waals surface area contributed by atoms with Crippen LogP contribution in [0.3, 0.4) is 0 Å². The zero-order valence-corrected chi connectivity index (χ0v) is 18.4. The second-order valence-electron chi connectivity index (χ2n) is 7.72. The van der Waals surface area contributed by atoms with Gasteiger partial charge in [0, 0.05) is 31.7 Å². The Labute approximate surface area is 193 Å². The van der Waals surface area contributed by atoms with Crippen molar-refractivity contribution in [1.29, 1.82) is 0 Å². The van der Waals surface area contributed by atoms with Gasteiger partial charge in [-0.15, -0.1) is 0 Å². The molecule has 1 saturated heterocycles. The number of piperazine rings is 1. The fraction of sp³-hybridized carbons (Fsp3) is 0.348. The number of alkyl halides is 2. The van der Waals surface area contributed by atoms with E-state index in [9.17, 15) is 18.0 Å². The van der Waals surface area contributed by atoms with E-state index in [1.165, 1.54) is 31.4 Å². The Morgan fingerprint density at radius 1 is 1.09 bits per heavy atom. The van der Waals surface area contributed by atoms with E-state index >= 15 is 0 Å². The van der Waals surface area contributed by atoms with Gasteiger partial charge in [0.2, 0.25) is 17.6 Å². The maximum absolute atomic E-state index is 13.0. The SMILES string of the molecule is COc1cc(-c2noc(CN3CCN(C(=O)Cc4ccc(F)cc4)CC3)n2)ccc1OC(F)F. The van der Waals surface area contributed by atoms with Crippen LogP contribution in [0.5, 0.6) is 11.5 Å². The summed E-state index contributed by atoms with van der Waals surface area (Å²) in [5.41, 5.74) is 1.31. The van der Waals surface area contributed by atoms with Crippen molar-refractivity contribution in [1.82, 2.24) is 19.9 Å². The fourth-order valence-corrected chi connectivity index (χ4v) is 3.67. The molecule has 34 heavy (non-hydrogen) atoms. The van der Waals surface area contributed by atoms with Crippen LogP contribution in [0.2, 0.25) is 0 Å².